The maximum Gasteiger partial charge on any atom is 0.119 e. The predicted molar refractivity (Wildman–Crippen MR) is 153 cm³/mol. The second-order valence-electron chi connectivity index (χ2n) is 9.43. The standard InChI is InChI=1S/C30H34ClN5O/c1-32-26-7-9-27(10-8-26)35-18-20-36(21-19-35)28-11-14-29(15-12-28)37-30(22-34-17-16-33-23-34)13-4-24-2-5-25(31)6-3-24/h2-3,5-12,14-17,23,30,32H,4,13,18-22H2,1H3. The van der Waals surface area contributed by atoms with Crippen molar-refractivity contribution in [2.75, 3.05) is 48.3 Å². The van der Waals surface area contributed by atoms with Gasteiger partial charge in [0.15, 0.2) is 0 Å². The SMILES string of the molecule is CNc1ccc(N2CCN(c3ccc(OC(CCc4ccc(Cl)cc4)Cn4ccnc4)cc3)CC2)cc1. The van der Waals surface area contributed by atoms with Gasteiger partial charge in [0, 0.05) is 67.7 Å². The summed E-state index contributed by atoms with van der Waals surface area (Å²) in [7, 11) is 1.95. The number of halogens is 1. The van der Waals surface area contributed by atoms with E-state index in [0.29, 0.717) is 0 Å². The zero-order valence-electron chi connectivity index (χ0n) is 21.3. The van der Waals surface area contributed by atoms with E-state index in [-0.39, 0.29) is 6.10 Å². The third-order valence-electron chi connectivity index (χ3n) is 6.95. The maximum atomic E-state index is 6.46. The van der Waals surface area contributed by atoms with E-state index in [2.05, 4.69) is 85.3 Å². The molecular weight excluding hydrogens is 482 g/mol. The predicted octanol–water partition coefficient (Wildman–Crippen LogP) is 5.99. The van der Waals surface area contributed by atoms with E-state index < -0.39 is 0 Å². The first-order valence-corrected chi connectivity index (χ1v) is 13.3. The Hall–Kier alpha value is -3.64. The van der Waals surface area contributed by atoms with Gasteiger partial charge in [-0.2, -0.15) is 0 Å². The van der Waals surface area contributed by atoms with Crippen LogP contribution in [0.2, 0.25) is 5.02 Å². The zero-order valence-corrected chi connectivity index (χ0v) is 22.0. The molecule has 0 radical (unpaired) electrons. The monoisotopic (exact) mass is 515 g/mol. The highest BCUT2D eigenvalue weighted by molar-refractivity contribution is 6.30. The smallest absolute Gasteiger partial charge is 0.119 e. The molecule has 37 heavy (non-hydrogen) atoms. The highest BCUT2D eigenvalue weighted by Gasteiger charge is 2.18. The summed E-state index contributed by atoms with van der Waals surface area (Å²) in [5.41, 5.74) is 4.92. The molecule has 1 saturated heterocycles. The summed E-state index contributed by atoms with van der Waals surface area (Å²) in [6.07, 6.45) is 7.50. The summed E-state index contributed by atoms with van der Waals surface area (Å²) in [5, 5.41) is 3.95. The average molecular weight is 516 g/mol. The number of rotatable bonds is 10. The Balaban J connectivity index is 1.17. The lowest BCUT2D eigenvalue weighted by atomic mass is 10.1. The molecule has 1 unspecified atom stereocenters. The van der Waals surface area contributed by atoms with E-state index in [1.54, 1.807) is 0 Å². The van der Waals surface area contributed by atoms with Crippen molar-refractivity contribution in [2.24, 2.45) is 0 Å². The number of ether oxygens (including phenoxy) is 1. The number of hydrogen-bond donors (Lipinski definition) is 1. The first-order valence-electron chi connectivity index (χ1n) is 12.9. The number of aromatic nitrogens is 2. The van der Waals surface area contributed by atoms with Gasteiger partial charge in [0.1, 0.15) is 11.9 Å². The van der Waals surface area contributed by atoms with Crippen LogP contribution in [0, 0.1) is 0 Å². The van der Waals surface area contributed by atoms with E-state index in [1.807, 2.05) is 37.9 Å². The molecule has 0 spiro atoms. The topological polar surface area (TPSA) is 45.6 Å². The number of aryl methyl sites for hydroxylation is 1. The Labute approximate surface area is 224 Å². The van der Waals surface area contributed by atoms with Crippen molar-refractivity contribution in [1.29, 1.82) is 0 Å². The number of imidazole rings is 1. The van der Waals surface area contributed by atoms with Gasteiger partial charge in [0.2, 0.25) is 0 Å². The van der Waals surface area contributed by atoms with Gasteiger partial charge < -0.3 is 24.4 Å². The Bertz CT molecular complexity index is 1220. The summed E-state index contributed by atoms with van der Waals surface area (Å²) in [5.74, 6) is 0.897. The molecule has 3 aromatic carbocycles. The van der Waals surface area contributed by atoms with Crippen LogP contribution < -0.4 is 19.9 Å². The van der Waals surface area contributed by atoms with E-state index in [1.165, 1.54) is 16.9 Å². The van der Waals surface area contributed by atoms with Gasteiger partial charge in [-0.3, -0.25) is 0 Å². The summed E-state index contributed by atoms with van der Waals surface area (Å²) >= 11 is 6.05. The van der Waals surface area contributed by atoms with Crippen LogP contribution in [0.25, 0.3) is 0 Å². The molecule has 1 fully saturated rings. The number of nitrogens with one attached hydrogen (secondary N) is 1. The van der Waals surface area contributed by atoms with Crippen molar-refractivity contribution < 1.29 is 4.74 Å². The van der Waals surface area contributed by atoms with Crippen molar-refractivity contribution in [3.8, 4) is 5.75 Å². The summed E-state index contributed by atoms with van der Waals surface area (Å²) in [6, 6.07) is 25.3. The molecule has 1 N–H and O–H groups in total. The van der Waals surface area contributed by atoms with Gasteiger partial charge in [0.05, 0.1) is 12.9 Å². The van der Waals surface area contributed by atoms with Crippen LogP contribution in [0.5, 0.6) is 5.75 Å². The molecule has 6 nitrogen and oxygen atoms in total. The molecule has 1 atom stereocenters. The second-order valence-corrected chi connectivity index (χ2v) is 9.87. The van der Waals surface area contributed by atoms with Gasteiger partial charge in [-0.25, -0.2) is 4.98 Å². The summed E-state index contributed by atoms with van der Waals surface area (Å²) in [4.78, 5) is 9.09. The molecule has 0 bridgehead atoms. The minimum Gasteiger partial charge on any atom is -0.489 e. The van der Waals surface area contributed by atoms with Crippen LogP contribution in [0.4, 0.5) is 17.1 Å². The molecule has 2 heterocycles. The highest BCUT2D eigenvalue weighted by atomic mass is 35.5. The third kappa shape index (κ3) is 6.77. The number of anilines is 3. The van der Waals surface area contributed by atoms with Crippen molar-refractivity contribution in [1.82, 2.24) is 9.55 Å². The summed E-state index contributed by atoms with van der Waals surface area (Å²) in [6.45, 7) is 4.77. The fraction of sp³-hybridized carbons (Fsp3) is 0.300. The quantitative estimate of drug-likeness (QED) is 0.281. The van der Waals surface area contributed by atoms with Crippen LogP contribution in [-0.4, -0.2) is 48.9 Å². The molecular formula is C30H34ClN5O. The Morgan fingerprint density at radius 3 is 2.05 bits per heavy atom. The first kappa shape index (κ1) is 25.0. The van der Waals surface area contributed by atoms with E-state index in [0.717, 1.165) is 62.0 Å². The van der Waals surface area contributed by atoms with Crippen molar-refractivity contribution in [3.05, 3.63) is 102 Å². The van der Waals surface area contributed by atoms with Gasteiger partial charge in [0.25, 0.3) is 0 Å². The molecule has 4 aromatic rings. The van der Waals surface area contributed by atoms with Crippen molar-refractivity contribution in [3.63, 3.8) is 0 Å². The number of piperazine rings is 1. The Kier molecular flexibility index (Phi) is 8.16. The second kappa shape index (κ2) is 12.1. The molecule has 1 aromatic heterocycles. The fourth-order valence-corrected chi connectivity index (χ4v) is 4.91. The van der Waals surface area contributed by atoms with Gasteiger partial charge in [-0.15, -0.1) is 0 Å². The van der Waals surface area contributed by atoms with Crippen LogP contribution in [-0.2, 0) is 13.0 Å². The zero-order chi connectivity index (χ0) is 25.5. The molecule has 1 aliphatic heterocycles. The minimum atomic E-state index is 0.0357. The lowest BCUT2D eigenvalue weighted by Gasteiger charge is -2.37. The molecule has 0 aliphatic carbocycles. The van der Waals surface area contributed by atoms with Crippen molar-refractivity contribution >= 4 is 28.7 Å². The van der Waals surface area contributed by atoms with E-state index >= 15 is 0 Å². The van der Waals surface area contributed by atoms with Gasteiger partial charge in [-0.1, -0.05) is 23.7 Å². The van der Waals surface area contributed by atoms with Crippen molar-refractivity contribution in [2.45, 2.75) is 25.5 Å². The fourth-order valence-electron chi connectivity index (χ4n) is 4.79. The molecule has 0 amide bonds. The van der Waals surface area contributed by atoms with Gasteiger partial charge in [-0.05, 0) is 79.1 Å². The Morgan fingerprint density at radius 1 is 0.865 bits per heavy atom. The summed E-state index contributed by atoms with van der Waals surface area (Å²) < 4.78 is 8.54. The average Bonchev–Trinajstić information content (AvgIpc) is 3.46. The largest absolute Gasteiger partial charge is 0.489 e. The molecule has 1 aliphatic rings. The van der Waals surface area contributed by atoms with Crippen LogP contribution in [0.15, 0.2) is 91.5 Å². The first-order chi connectivity index (χ1) is 18.2. The molecule has 192 valence electrons. The molecule has 5 rings (SSSR count). The minimum absolute atomic E-state index is 0.0357. The van der Waals surface area contributed by atoms with E-state index in [9.17, 15) is 0 Å². The van der Waals surface area contributed by atoms with Crippen LogP contribution in [0.1, 0.15) is 12.0 Å². The molecule has 0 saturated carbocycles. The van der Waals surface area contributed by atoms with E-state index in [4.69, 9.17) is 16.3 Å². The maximum absolute atomic E-state index is 6.46. The van der Waals surface area contributed by atoms with Crippen LogP contribution in [0.3, 0.4) is 0 Å². The van der Waals surface area contributed by atoms with Gasteiger partial charge >= 0.3 is 0 Å². The number of benzene rings is 3. The lowest BCUT2D eigenvalue weighted by Crippen LogP contribution is -2.46. The van der Waals surface area contributed by atoms with Crippen LogP contribution >= 0.6 is 11.6 Å². The lowest BCUT2D eigenvalue weighted by molar-refractivity contribution is 0.170. The third-order valence-corrected chi connectivity index (χ3v) is 7.20. The molecule has 7 heteroatoms. The number of hydrogen-bond acceptors (Lipinski definition) is 5. The Morgan fingerprint density at radius 2 is 1.49 bits per heavy atom. The normalized spacial score (nSPS) is 14.4. The number of nitrogens with zero attached hydrogens (tertiary/aromatic N) is 4. The highest BCUT2D eigenvalue weighted by Crippen LogP contribution is 2.25.